The molecule has 1 aromatic heterocycles. The third-order valence-corrected chi connectivity index (χ3v) is 4.79. The average Bonchev–Trinajstić information content (AvgIpc) is 3.19. The van der Waals surface area contributed by atoms with Gasteiger partial charge in [-0.1, -0.05) is 23.7 Å². The Morgan fingerprint density at radius 1 is 1.12 bits per heavy atom. The van der Waals surface area contributed by atoms with Gasteiger partial charge in [0.25, 0.3) is 5.91 Å². The molecule has 0 bridgehead atoms. The second-order valence-corrected chi connectivity index (χ2v) is 7.71. The first-order valence-corrected chi connectivity index (χ1v) is 10.1. The summed E-state index contributed by atoms with van der Waals surface area (Å²) >= 11 is 5.81. The van der Waals surface area contributed by atoms with Crippen molar-refractivity contribution in [3.05, 3.63) is 76.6 Å². The molecule has 0 spiro atoms. The molecule has 0 aliphatic carbocycles. The number of benzene rings is 2. The molecule has 1 N–H and O–H groups in total. The first-order chi connectivity index (χ1) is 15.1. The number of carbonyl (C=O) groups excluding carboxylic acids is 1. The highest BCUT2D eigenvalue weighted by Gasteiger charge is 2.40. The summed E-state index contributed by atoms with van der Waals surface area (Å²) in [5, 5.41) is 6.68. The van der Waals surface area contributed by atoms with Crippen LogP contribution in [0.2, 0.25) is 5.02 Å². The standard InChI is InChI=1S/C22H22ClF3N4O2/c1-29(2)11-12-32-18-9-3-15(4-10-18)13-27-21(31)19-14-28-30(20(19)22(24,25)26)17-7-5-16(23)6-8-17/h3-10,14H,11-13H2,1-2H3,(H,27,31). The number of rotatable bonds is 8. The minimum absolute atomic E-state index is 0.0558. The molecule has 2 aromatic carbocycles. The van der Waals surface area contributed by atoms with E-state index in [1.165, 1.54) is 24.3 Å². The van der Waals surface area contributed by atoms with E-state index in [9.17, 15) is 18.0 Å². The zero-order chi connectivity index (χ0) is 23.3. The monoisotopic (exact) mass is 466 g/mol. The van der Waals surface area contributed by atoms with E-state index in [2.05, 4.69) is 10.4 Å². The Bertz CT molecular complexity index is 1050. The van der Waals surface area contributed by atoms with Crippen molar-refractivity contribution in [1.82, 2.24) is 20.0 Å². The molecule has 6 nitrogen and oxygen atoms in total. The van der Waals surface area contributed by atoms with Gasteiger partial charge in [0.05, 0.1) is 17.4 Å². The SMILES string of the molecule is CN(C)CCOc1ccc(CNC(=O)c2cnn(-c3ccc(Cl)cc3)c2C(F)(F)F)cc1. The van der Waals surface area contributed by atoms with Crippen molar-refractivity contribution in [2.45, 2.75) is 12.7 Å². The van der Waals surface area contributed by atoms with Crippen LogP contribution in [0.3, 0.4) is 0 Å². The van der Waals surface area contributed by atoms with Gasteiger partial charge in [-0.3, -0.25) is 4.79 Å². The number of likely N-dealkylation sites (N-methyl/N-ethyl adjacent to an activating group) is 1. The summed E-state index contributed by atoms with van der Waals surface area (Å²) in [6, 6.07) is 12.7. The number of nitrogens with one attached hydrogen (secondary N) is 1. The van der Waals surface area contributed by atoms with Crippen molar-refractivity contribution < 1.29 is 22.7 Å². The van der Waals surface area contributed by atoms with Crippen LogP contribution in [-0.2, 0) is 12.7 Å². The molecule has 0 radical (unpaired) electrons. The van der Waals surface area contributed by atoms with Gasteiger partial charge in [0.1, 0.15) is 12.4 Å². The fourth-order valence-corrected chi connectivity index (χ4v) is 3.02. The Morgan fingerprint density at radius 3 is 2.38 bits per heavy atom. The first-order valence-electron chi connectivity index (χ1n) is 9.71. The lowest BCUT2D eigenvalue weighted by atomic mass is 10.2. The molecule has 0 unspecified atom stereocenters. The fraction of sp³-hybridized carbons (Fsp3) is 0.273. The largest absolute Gasteiger partial charge is 0.492 e. The second kappa shape index (κ2) is 10.1. The Labute approximate surface area is 188 Å². The van der Waals surface area contributed by atoms with Crippen LogP contribution in [-0.4, -0.2) is 47.8 Å². The predicted octanol–water partition coefficient (Wildman–Crippen LogP) is 4.41. The Balaban J connectivity index is 1.71. The lowest BCUT2D eigenvalue weighted by Crippen LogP contribution is -2.26. The van der Waals surface area contributed by atoms with Gasteiger partial charge in [-0.25, -0.2) is 4.68 Å². The maximum Gasteiger partial charge on any atom is 0.434 e. The van der Waals surface area contributed by atoms with E-state index in [1.807, 2.05) is 19.0 Å². The van der Waals surface area contributed by atoms with Crippen molar-refractivity contribution in [2.24, 2.45) is 0 Å². The molecule has 0 saturated carbocycles. The average molecular weight is 467 g/mol. The third-order valence-electron chi connectivity index (χ3n) is 4.54. The molecule has 0 fully saturated rings. The van der Waals surface area contributed by atoms with Gasteiger partial charge in [0, 0.05) is 18.1 Å². The number of carbonyl (C=O) groups is 1. The maximum atomic E-state index is 13.7. The molecular formula is C22H22ClF3N4O2. The van der Waals surface area contributed by atoms with Gasteiger partial charge in [-0.15, -0.1) is 0 Å². The fourth-order valence-electron chi connectivity index (χ4n) is 2.89. The van der Waals surface area contributed by atoms with Crippen molar-refractivity contribution in [2.75, 3.05) is 27.2 Å². The number of hydrogen-bond acceptors (Lipinski definition) is 4. The highest BCUT2D eigenvalue weighted by molar-refractivity contribution is 6.30. The maximum absolute atomic E-state index is 13.7. The highest BCUT2D eigenvalue weighted by atomic mass is 35.5. The van der Waals surface area contributed by atoms with Gasteiger partial charge < -0.3 is 15.0 Å². The van der Waals surface area contributed by atoms with Crippen molar-refractivity contribution >= 4 is 17.5 Å². The molecule has 0 aliphatic heterocycles. The van der Waals surface area contributed by atoms with E-state index in [0.717, 1.165) is 18.3 Å². The summed E-state index contributed by atoms with van der Waals surface area (Å²) in [5.41, 5.74) is -0.847. The van der Waals surface area contributed by atoms with Crippen LogP contribution >= 0.6 is 11.6 Å². The lowest BCUT2D eigenvalue weighted by Gasteiger charge is -2.13. The zero-order valence-electron chi connectivity index (χ0n) is 17.5. The summed E-state index contributed by atoms with van der Waals surface area (Å²) in [5.74, 6) is -0.200. The number of alkyl halides is 3. The van der Waals surface area contributed by atoms with E-state index in [1.54, 1.807) is 24.3 Å². The summed E-state index contributed by atoms with van der Waals surface area (Å²) in [6.45, 7) is 1.35. The number of ether oxygens (including phenoxy) is 1. The van der Waals surface area contributed by atoms with Crippen molar-refractivity contribution in [3.8, 4) is 11.4 Å². The summed E-state index contributed by atoms with van der Waals surface area (Å²) in [4.78, 5) is 14.5. The zero-order valence-corrected chi connectivity index (χ0v) is 18.2. The number of nitrogens with zero attached hydrogens (tertiary/aromatic N) is 3. The Morgan fingerprint density at radius 2 is 1.78 bits per heavy atom. The van der Waals surface area contributed by atoms with E-state index >= 15 is 0 Å². The van der Waals surface area contributed by atoms with Gasteiger partial charge in [0.15, 0.2) is 5.69 Å². The smallest absolute Gasteiger partial charge is 0.434 e. The molecule has 3 aromatic rings. The molecule has 0 atom stereocenters. The van der Waals surface area contributed by atoms with Crippen LogP contribution in [0.1, 0.15) is 21.6 Å². The minimum Gasteiger partial charge on any atom is -0.492 e. The summed E-state index contributed by atoms with van der Waals surface area (Å²) < 4.78 is 47.5. The van der Waals surface area contributed by atoms with E-state index in [0.29, 0.717) is 22.1 Å². The molecule has 0 saturated heterocycles. The van der Waals surface area contributed by atoms with Gasteiger partial charge in [0.2, 0.25) is 0 Å². The molecule has 170 valence electrons. The molecular weight excluding hydrogens is 445 g/mol. The minimum atomic E-state index is -4.78. The normalized spacial score (nSPS) is 11.6. The van der Waals surface area contributed by atoms with Crippen LogP contribution in [0.25, 0.3) is 5.69 Å². The Kier molecular flexibility index (Phi) is 7.42. The van der Waals surface area contributed by atoms with E-state index in [4.69, 9.17) is 16.3 Å². The van der Waals surface area contributed by atoms with Crippen LogP contribution in [0.15, 0.2) is 54.7 Å². The van der Waals surface area contributed by atoms with E-state index < -0.39 is 23.3 Å². The van der Waals surface area contributed by atoms with Crippen molar-refractivity contribution in [1.29, 1.82) is 0 Å². The van der Waals surface area contributed by atoms with Crippen LogP contribution < -0.4 is 10.1 Å². The van der Waals surface area contributed by atoms with Gasteiger partial charge in [-0.2, -0.15) is 18.3 Å². The summed E-state index contributed by atoms with van der Waals surface area (Å²) in [6.07, 6.45) is -3.87. The highest BCUT2D eigenvalue weighted by Crippen LogP contribution is 2.34. The molecule has 1 heterocycles. The van der Waals surface area contributed by atoms with Crippen LogP contribution in [0.4, 0.5) is 13.2 Å². The second-order valence-electron chi connectivity index (χ2n) is 7.27. The molecule has 3 rings (SSSR count). The predicted molar refractivity (Wildman–Crippen MR) is 115 cm³/mol. The quantitative estimate of drug-likeness (QED) is 0.534. The van der Waals surface area contributed by atoms with E-state index in [-0.39, 0.29) is 12.2 Å². The number of halogens is 4. The number of hydrogen-bond donors (Lipinski definition) is 1. The molecule has 0 aliphatic rings. The van der Waals surface area contributed by atoms with Gasteiger partial charge >= 0.3 is 6.18 Å². The summed E-state index contributed by atoms with van der Waals surface area (Å²) in [7, 11) is 3.89. The van der Waals surface area contributed by atoms with Crippen LogP contribution in [0.5, 0.6) is 5.75 Å². The number of amides is 1. The number of aromatic nitrogens is 2. The molecule has 32 heavy (non-hydrogen) atoms. The lowest BCUT2D eigenvalue weighted by molar-refractivity contribution is -0.143. The molecule has 10 heteroatoms. The first kappa shape index (κ1) is 23.6. The van der Waals surface area contributed by atoms with Crippen molar-refractivity contribution in [3.63, 3.8) is 0 Å². The molecule has 1 amide bonds. The van der Waals surface area contributed by atoms with Crippen LogP contribution in [0, 0.1) is 0 Å². The topological polar surface area (TPSA) is 59.4 Å². The Hall–Kier alpha value is -3.04. The van der Waals surface area contributed by atoms with Gasteiger partial charge in [-0.05, 0) is 56.1 Å². The third kappa shape index (κ3) is 6.02.